The van der Waals surface area contributed by atoms with Crippen LogP contribution in [0.2, 0.25) is 0 Å². The summed E-state index contributed by atoms with van der Waals surface area (Å²) >= 11 is 1.58. The van der Waals surface area contributed by atoms with Gasteiger partial charge in [0.1, 0.15) is 0 Å². The second-order valence-corrected chi connectivity index (χ2v) is 6.21. The SMILES string of the molecule is Cc1cscc1CCS(=O)(=O)Cl. The molecule has 2 nitrogen and oxygen atoms in total. The van der Waals surface area contributed by atoms with Gasteiger partial charge in [-0.2, -0.15) is 11.3 Å². The standard InChI is InChI=1S/C7H9ClO2S2/c1-6-4-11-5-7(6)2-3-12(8,9)10/h4-5H,2-3H2,1H3. The van der Waals surface area contributed by atoms with Gasteiger partial charge < -0.3 is 0 Å². The van der Waals surface area contributed by atoms with Crippen molar-refractivity contribution < 1.29 is 8.42 Å². The molecule has 0 aliphatic rings. The van der Waals surface area contributed by atoms with Crippen molar-refractivity contribution in [2.24, 2.45) is 0 Å². The molecule has 0 N–H and O–H groups in total. The van der Waals surface area contributed by atoms with Crippen LogP contribution in [0.4, 0.5) is 0 Å². The molecule has 0 unspecified atom stereocenters. The molecule has 1 aromatic rings. The summed E-state index contributed by atoms with van der Waals surface area (Å²) in [5.74, 6) is 0.0200. The second kappa shape index (κ2) is 3.77. The summed E-state index contributed by atoms with van der Waals surface area (Å²) in [5, 5.41) is 3.95. The molecular weight excluding hydrogens is 216 g/mol. The van der Waals surface area contributed by atoms with Crippen LogP contribution < -0.4 is 0 Å². The lowest BCUT2D eigenvalue weighted by Crippen LogP contribution is -2.00. The van der Waals surface area contributed by atoms with E-state index in [4.69, 9.17) is 10.7 Å². The van der Waals surface area contributed by atoms with E-state index in [0.717, 1.165) is 11.1 Å². The van der Waals surface area contributed by atoms with E-state index in [0.29, 0.717) is 6.42 Å². The molecule has 0 amide bonds. The Morgan fingerprint density at radius 1 is 1.50 bits per heavy atom. The highest BCUT2D eigenvalue weighted by Gasteiger charge is 2.07. The first-order valence-electron chi connectivity index (χ1n) is 3.43. The minimum Gasteiger partial charge on any atom is -0.212 e. The van der Waals surface area contributed by atoms with Crippen LogP contribution in [0.5, 0.6) is 0 Å². The highest BCUT2D eigenvalue weighted by atomic mass is 35.7. The highest BCUT2D eigenvalue weighted by molar-refractivity contribution is 8.13. The van der Waals surface area contributed by atoms with Gasteiger partial charge in [-0.3, -0.25) is 0 Å². The first kappa shape index (κ1) is 10.0. The second-order valence-electron chi connectivity index (χ2n) is 2.57. The lowest BCUT2D eigenvalue weighted by Gasteiger charge is -1.96. The Morgan fingerprint density at radius 2 is 2.17 bits per heavy atom. The maximum atomic E-state index is 10.6. The van der Waals surface area contributed by atoms with Gasteiger partial charge in [-0.25, -0.2) is 8.42 Å². The van der Waals surface area contributed by atoms with E-state index < -0.39 is 9.05 Å². The lowest BCUT2D eigenvalue weighted by atomic mass is 10.2. The average Bonchev–Trinajstić information content (AvgIpc) is 2.29. The molecule has 1 aromatic heterocycles. The number of hydrogen-bond donors (Lipinski definition) is 0. The third-order valence-electron chi connectivity index (χ3n) is 1.58. The van der Waals surface area contributed by atoms with Gasteiger partial charge in [0.25, 0.3) is 0 Å². The first-order chi connectivity index (χ1) is 5.49. The molecule has 0 atom stereocenters. The topological polar surface area (TPSA) is 34.1 Å². The van der Waals surface area contributed by atoms with Crippen molar-refractivity contribution in [2.75, 3.05) is 5.75 Å². The van der Waals surface area contributed by atoms with E-state index in [1.807, 2.05) is 17.7 Å². The summed E-state index contributed by atoms with van der Waals surface area (Å²) in [5.41, 5.74) is 2.21. The molecule has 68 valence electrons. The van der Waals surface area contributed by atoms with E-state index >= 15 is 0 Å². The van der Waals surface area contributed by atoms with Crippen LogP contribution >= 0.6 is 22.0 Å². The summed E-state index contributed by atoms with van der Waals surface area (Å²) < 4.78 is 21.2. The molecule has 0 fully saturated rings. The molecule has 12 heavy (non-hydrogen) atoms. The van der Waals surface area contributed by atoms with E-state index in [1.54, 1.807) is 11.3 Å². The van der Waals surface area contributed by atoms with Crippen molar-refractivity contribution in [3.63, 3.8) is 0 Å². The predicted molar refractivity (Wildman–Crippen MR) is 52.4 cm³/mol. The smallest absolute Gasteiger partial charge is 0.212 e. The lowest BCUT2D eigenvalue weighted by molar-refractivity contribution is 0.609. The Labute approximate surface area is 80.6 Å². The summed E-state index contributed by atoms with van der Waals surface area (Å²) in [6.07, 6.45) is 0.515. The number of hydrogen-bond acceptors (Lipinski definition) is 3. The fourth-order valence-corrected chi connectivity index (χ4v) is 2.46. The number of aryl methyl sites for hydroxylation is 2. The normalized spacial score (nSPS) is 11.8. The van der Waals surface area contributed by atoms with E-state index in [2.05, 4.69) is 0 Å². The van der Waals surface area contributed by atoms with Crippen molar-refractivity contribution in [1.82, 2.24) is 0 Å². The van der Waals surface area contributed by atoms with Gasteiger partial charge in [0.2, 0.25) is 9.05 Å². The fraction of sp³-hybridized carbons (Fsp3) is 0.429. The largest absolute Gasteiger partial charge is 0.232 e. The molecule has 5 heteroatoms. The van der Waals surface area contributed by atoms with E-state index in [-0.39, 0.29) is 5.75 Å². The molecule has 0 saturated heterocycles. The molecule has 0 aliphatic carbocycles. The molecular formula is C7H9ClO2S2. The van der Waals surface area contributed by atoms with Gasteiger partial charge in [-0.1, -0.05) is 0 Å². The highest BCUT2D eigenvalue weighted by Crippen LogP contribution is 2.15. The van der Waals surface area contributed by atoms with Gasteiger partial charge in [-0.05, 0) is 35.2 Å². The van der Waals surface area contributed by atoms with Gasteiger partial charge >= 0.3 is 0 Å². The molecule has 0 saturated carbocycles. The predicted octanol–water partition coefficient (Wildman–Crippen LogP) is 2.17. The molecule has 1 rings (SSSR count). The first-order valence-corrected chi connectivity index (χ1v) is 6.85. The quantitative estimate of drug-likeness (QED) is 0.738. The fourth-order valence-electron chi connectivity index (χ4n) is 0.875. The zero-order chi connectivity index (χ0) is 9.19. The Hall–Kier alpha value is -0.0600. The van der Waals surface area contributed by atoms with Gasteiger partial charge in [0.05, 0.1) is 5.75 Å². The van der Waals surface area contributed by atoms with Gasteiger partial charge in [-0.15, -0.1) is 0 Å². The van der Waals surface area contributed by atoms with Crippen LogP contribution in [0.1, 0.15) is 11.1 Å². The van der Waals surface area contributed by atoms with Crippen molar-refractivity contribution >= 4 is 31.1 Å². The zero-order valence-electron chi connectivity index (χ0n) is 6.58. The molecule has 0 aromatic carbocycles. The van der Waals surface area contributed by atoms with Crippen LogP contribution in [-0.2, 0) is 15.5 Å². The van der Waals surface area contributed by atoms with Crippen LogP contribution in [0.3, 0.4) is 0 Å². The molecule has 1 heterocycles. The summed E-state index contributed by atoms with van der Waals surface area (Å²) in [6, 6.07) is 0. The van der Waals surface area contributed by atoms with Crippen LogP contribution in [-0.4, -0.2) is 14.2 Å². The van der Waals surface area contributed by atoms with Gasteiger partial charge in [0, 0.05) is 10.7 Å². The minimum absolute atomic E-state index is 0.0200. The van der Waals surface area contributed by atoms with Crippen LogP contribution in [0.25, 0.3) is 0 Å². The maximum Gasteiger partial charge on any atom is 0.232 e. The van der Waals surface area contributed by atoms with Gasteiger partial charge in [0.15, 0.2) is 0 Å². The van der Waals surface area contributed by atoms with Crippen molar-refractivity contribution in [3.05, 3.63) is 21.9 Å². The van der Waals surface area contributed by atoms with E-state index in [1.165, 1.54) is 0 Å². The summed E-state index contributed by atoms with van der Waals surface area (Å²) in [6.45, 7) is 1.96. The minimum atomic E-state index is -3.34. The number of rotatable bonds is 3. The maximum absolute atomic E-state index is 10.6. The third kappa shape index (κ3) is 3.13. The molecule has 0 radical (unpaired) electrons. The van der Waals surface area contributed by atoms with Crippen molar-refractivity contribution in [1.29, 1.82) is 0 Å². The average molecular weight is 225 g/mol. The Kier molecular flexibility index (Phi) is 3.15. The Balaban J connectivity index is 2.61. The Bertz CT molecular complexity index is 353. The van der Waals surface area contributed by atoms with Crippen molar-refractivity contribution in [3.8, 4) is 0 Å². The summed E-state index contributed by atoms with van der Waals surface area (Å²) in [7, 11) is 1.74. The summed E-state index contributed by atoms with van der Waals surface area (Å²) in [4.78, 5) is 0. The Morgan fingerprint density at radius 3 is 2.58 bits per heavy atom. The van der Waals surface area contributed by atoms with Crippen LogP contribution in [0, 0.1) is 6.92 Å². The van der Waals surface area contributed by atoms with Crippen LogP contribution in [0.15, 0.2) is 10.8 Å². The number of thiophene rings is 1. The monoisotopic (exact) mass is 224 g/mol. The molecule has 0 spiro atoms. The molecule has 0 bridgehead atoms. The zero-order valence-corrected chi connectivity index (χ0v) is 8.97. The van der Waals surface area contributed by atoms with E-state index in [9.17, 15) is 8.42 Å². The third-order valence-corrected chi connectivity index (χ3v) is 3.64. The van der Waals surface area contributed by atoms with Crippen molar-refractivity contribution in [2.45, 2.75) is 13.3 Å². The number of halogens is 1. The molecule has 0 aliphatic heterocycles.